The largest absolute Gasteiger partial charge is 0.394 e. The lowest BCUT2D eigenvalue weighted by Crippen LogP contribution is -2.52. The summed E-state index contributed by atoms with van der Waals surface area (Å²) in [7, 11) is 0. The Kier molecular flexibility index (Phi) is 5.19. The Bertz CT molecular complexity index is 366. The smallest absolute Gasteiger partial charge is 0.130 e. The van der Waals surface area contributed by atoms with E-state index in [0.717, 1.165) is 0 Å². The van der Waals surface area contributed by atoms with E-state index >= 15 is 0 Å². The summed E-state index contributed by atoms with van der Waals surface area (Å²) in [4.78, 5) is 0. The van der Waals surface area contributed by atoms with Gasteiger partial charge in [0.15, 0.2) is 0 Å². The van der Waals surface area contributed by atoms with E-state index in [1.54, 1.807) is 13.8 Å². The lowest BCUT2D eigenvalue weighted by Gasteiger charge is -2.33. The van der Waals surface area contributed by atoms with Gasteiger partial charge in [-0.25, -0.2) is 8.78 Å². The lowest BCUT2D eigenvalue weighted by molar-refractivity contribution is 0.0785. The van der Waals surface area contributed by atoms with Crippen molar-refractivity contribution < 1.29 is 19.0 Å². The molecule has 0 spiro atoms. The van der Waals surface area contributed by atoms with Gasteiger partial charge >= 0.3 is 0 Å². The Morgan fingerprint density at radius 3 is 2.11 bits per heavy atom. The third-order valence-corrected chi connectivity index (χ3v) is 3.24. The van der Waals surface area contributed by atoms with E-state index in [2.05, 4.69) is 5.32 Å². The van der Waals surface area contributed by atoms with Crippen molar-refractivity contribution in [1.29, 1.82) is 0 Å². The maximum absolute atomic E-state index is 13.6. The molecule has 0 saturated carbocycles. The molecule has 1 unspecified atom stereocenters. The molecule has 1 atom stereocenters. The van der Waals surface area contributed by atoms with E-state index in [1.165, 1.54) is 18.2 Å². The van der Waals surface area contributed by atoms with E-state index in [4.69, 9.17) is 0 Å². The first kappa shape index (κ1) is 15.0. The fourth-order valence-electron chi connectivity index (χ4n) is 1.92. The Balaban J connectivity index is 2.97. The zero-order valence-corrected chi connectivity index (χ0v) is 10.6. The quantitative estimate of drug-likeness (QED) is 0.729. The molecule has 0 heterocycles. The predicted molar refractivity (Wildman–Crippen MR) is 65.1 cm³/mol. The minimum atomic E-state index is -0.936. The van der Waals surface area contributed by atoms with E-state index in [9.17, 15) is 19.0 Å². The molecular weight excluding hydrogens is 240 g/mol. The molecule has 0 aromatic heterocycles. The molecule has 0 bridgehead atoms. The first-order valence-corrected chi connectivity index (χ1v) is 5.93. The Hall–Kier alpha value is -1.04. The van der Waals surface area contributed by atoms with Crippen LogP contribution in [0.5, 0.6) is 0 Å². The summed E-state index contributed by atoms with van der Waals surface area (Å²) in [5.41, 5.74) is -1.02. The van der Waals surface area contributed by atoms with Crippen LogP contribution in [0.1, 0.15) is 31.9 Å². The van der Waals surface area contributed by atoms with Gasteiger partial charge in [-0.2, -0.15) is 0 Å². The van der Waals surface area contributed by atoms with Gasteiger partial charge in [0.1, 0.15) is 11.6 Å². The first-order valence-electron chi connectivity index (χ1n) is 5.93. The second kappa shape index (κ2) is 6.22. The van der Waals surface area contributed by atoms with Gasteiger partial charge in [-0.15, -0.1) is 0 Å². The number of aliphatic hydroxyl groups is 2. The molecule has 102 valence electrons. The molecule has 0 aliphatic heterocycles. The van der Waals surface area contributed by atoms with E-state index in [-0.39, 0.29) is 18.8 Å². The summed E-state index contributed by atoms with van der Waals surface area (Å²) in [6, 6.07) is 3.02. The number of hydrogen-bond acceptors (Lipinski definition) is 3. The zero-order valence-electron chi connectivity index (χ0n) is 10.6. The summed E-state index contributed by atoms with van der Waals surface area (Å²) in [5, 5.41) is 21.5. The van der Waals surface area contributed by atoms with Crippen LogP contribution in [0, 0.1) is 11.6 Å². The molecule has 1 rings (SSSR count). The van der Waals surface area contributed by atoms with Crippen LogP contribution < -0.4 is 5.32 Å². The van der Waals surface area contributed by atoms with Crippen molar-refractivity contribution in [1.82, 2.24) is 5.32 Å². The summed E-state index contributed by atoms with van der Waals surface area (Å²) < 4.78 is 27.2. The summed E-state index contributed by atoms with van der Waals surface area (Å²) in [5.74, 6) is -1.29. The molecule has 1 aromatic carbocycles. The van der Waals surface area contributed by atoms with Crippen LogP contribution in [0.25, 0.3) is 0 Å². The van der Waals surface area contributed by atoms with Crippen molar-refractivity contribution in [3.63, 3.8) is 0 Å². The molecule has 3 N–H and O–H groups in total. The van der Waals surface area contributed by atoms with Crippen molar-refractivity contribution >= 4 is 0 Å². The lowest BCUT2D eigenvalue weighted by atomic mass is 9.95. The maximum Gasteiger partial charge on any atom is 0.130 e. The van der Waals surface area contributed by atoms with Gasteiger partial charge in [-0.05, 0) is 25.5 Å². The second-order valence-corrected chi connectivity index (χ2v) is 4.45. The van der Waals surface area contributed by atoms with Crippen molar-refractivity contribution in [3.05, 3.63) is 35.4 Å². The number of hydrogen-bond donors (Lipinski definition) is 3. The average Bonchev–Trinajstić information content (AvgIpc) is 2.36. The number of rotatable bonds is 6. The third kappa shape index (κ3) is 3.04. The molecule has 0 radical (unpaired) electrons. The average molecular weight is 259 g/mol. The topological polar surface area (TPSA) is 52.5 Å². The van der Waals surface area contributed by atoms with Crippen LogP contribution in [-0.2, 0) is 0 Å². The minimum Gasteiger partial charge on any atom is -0.394 e. The van der Waals surface area contributed by atoms with Crippen LogP contribution in [0.4, 0.5) is 8.78 Å². The van der Waals surface area contributed by atoms with Crippen LogP contribution in [0.2, 0.25) is 0 Å². The van der Waals surface area contributed by atoms with Gasteiger partial charge in [-0.1, -0.05) is 13.0 Å². The van der Waals surface area contributed by atoms with E-state index in [0.29, 0.717) is 6.42 Å². The van der Waals surface area contributed by atoms with Crippen LogP contribution in [-0.4, -0.2) is 29.0 Å². The third-order valence-electron chi connectivity index (χ3n) is 3.24. The van der Waals surface area contributed by atoms with Crippen LogP contribution in [0.15, 0.2) is 18.2 Å². The summed E-state index contributed by atoms with van der Waals surface area (Å²) in [6.07, 6.45) is 0.445. The molecule has 3 nitrogen and oxygen atoms in total. The van der Waals surface area contributed by atoms with Crippen molar-refractivity contribution in [2.75, 3.05) is 13.2 Å². The van der Waals surface area contributed by atoms with Crippen LogP contribution in [0.3, 0.4) is 0 Å². The normalized spacial score (nSPS) is 13.7. The monoisotopic (exact) mass is 259 g/mol. The predicted octanol–water partition coefficient (Wildman–Crippen LogP) is 1.75. The fraction of sp³-hybridized carbons (Fsp3) is 0.538. The van der Waals surface area contributed by atoms with Crippen molar-refractivity contribution in [2.45, 2.75) is 31.8 Å². The highest BCUT2D eigenvalue weighted by Gasteiger charge is 2.30. The van der Waals surface area contributed by atoms with Crippen molar-refractivity contribution in [3.8, 4) is 0 Å². The highest BCUT2D eigenvalue weighted by molar-refractivity contribution is 5.23. The van der Waals surface area contributed by atoms with Gasteiger partial charge in [0, 0.05) is 11.6 Å². The maximum atomic E-state index is 13.6. The molecule has 0 fully saturated rings. The Morgan fingerprint density at radius 2 is 1.72 bits per heavy atom. The van der Waals surface area contributed by atoms with Gasteiger partial charge in [0.2, 0.25) is 0 Å². The Labute approximate surface area is 105 Å². The Morgan fingerprint density at radius 1 is 1.22 bits per heavy atom. The molecule has 18 heavy (non-hydrogen) atoms. The van der Waals surface area contributed by atoms with Crippen molar-refractivity contribution in [2.24, 2.45) is 0 Å². The standard InChI is InChI=1S/C13H19F2NO2/c1-3-13(7-17,8-18)16-9(2)12-10(14)5-4-6-11(12)15/h4-6,9,16-18H,3,7-8H2,1-2H3. The zero-order chi connectivity index (χ0) is 13.8. The van der Waals surface area contributed by atoms with Gasteiger partial charge in [-0.3, -0.25) is 0 Å². The minimum absolute atomic E-state index is 0.0859. The molecule has 0 saturated heterocycles. The number of halogens is 2. The molecule has 5 heteroatoms. The number of benzene rings is 1. The van der Waals surface area contributed by atoms with Crippen LogP contribution >= 0.6 is 0 Å². The molecular formula is C13H19F2NO2. The van der Waals surface area contributed by atoms with Gasteiger partial charge in [0.05, 0.1) is 18.8 Å². The SMILES string of the molecule is CCC(CO)(CO)NC(C)c1c(F)cccc1F. The second-order valence-electron chi connectivity index (χ2n) is 4.45. The number of nitrogens with one attached hydrogen (secondary N) is 1. The van der Waals surface area contributed by atoms with E-state index in [1.807, 2.05) is 0 Å². The summed E-state index contributed by atoms with van der Waals surface area (Å²) >= 11 is 0. The molecule has 0 amide bonds. The molecule has 1 aromatic rings. The first-order chi connectivity index (χ1) is 8.49. The number of aliphatic hydroxyl groups excluding tert-OH is 2. The summed E-state index contributed by atoms with van der Waals surface area (Å²) in [6.45, 7) is 2.77. The van der Waals surface area contributed by atoms with E-state index < -0.39 is 23.2 Å². The fourth-order valence-corrected chi connectivity index (χ4v) is 1.92. The highest BCUT2D eigenvalue weighted by Crippen LogP contribution is 2.23. The van der Waals surface area contributed by atoms with Gasteiger partial charge in [0.25, 0.3) is 0 Å². The van der Waals surface area contributed by atoms with Gasteiger partial charge < -0.3 is 15.5 Å². The molecule has 0 aliphatic carbocycles. The molecule has 0 aliphatic rings. The highest BCUT2D eigenvalue weighted by atomic mass is 19.1.